The van der Waals surface area contributed by atoms with E-state index in [4.69, 9.17) is 49.7 Å². The normalized spacial score (nSPS) is 17.0. The van der Waals surface area contributed by atoms with Gasteiger partial charge in [0.2, 0.25) is 0 Å². The maximum atomic E-state index is 10.3. The van der Waals surface area contributed by atoms with E-state index >= 15 is 0 Å². The Labute approximate surface area is 361 Å². The largest absolute Gasteiger partial charge is 0.535 e. The molecule has 3 aromatic rings. The average molecular weight is 853 g/mol. The fraction of sp³-hybridized carbons (Fsp3) is 0.489. The molecule has 0 amide bonds. The Morgan fingerprint density at radius 3 is 1.82 bits per heavy atom. The molecule has 0 unspecified atom stereocenters. The zero-order chi connectivity index (χ0) is 44.6. The standard InChI is InChI=1S/C42H58N6O7.C2H6.CH3BF2/c1-30-26-32(3)45-41(30)40(42-31(2)27-33(4)46-42)35-8-6-34(7-9-35)37(43)29-48(44)36-10-11-38(39(28-36)55-25-16-49-5)47-12-14-50-17-19-52-21-23-54-24-22-53-20-18-51-15-13-47;1-2;1-2(3)4/h6-11,26-29,45H,12-25,43-44H2,1-5H3;1-2H3;1H3/b37-29-,42-40-;;. The van der Waals surface area contributed by atoms with E-state index < -0.39 is 7.27 Å². The summed E-state index contributed by atoms with van der Waals surface area (Å²) in [7, 11) is -0.520. The lowest BCUT2D eigenvalue weighted by atomic mass is 9.95. The Balaban J connectivity index is 0.00000156. The molecule has 0 saturated carbocycles. The van der Waals surface area contributed by atoms with Crippen LogP contribution in [0.25, 0.3) is 11.3 Å². The predicted octanol–water partition coefficient (Wildman–Crippen LogP) is 7.45. The topological polar surface area (TPSA) is 151 Å². The Kier molecular flexibility index (Phi) is 23.4. The number of aryl methyl sites for hydroxylation is 2. The van der Waals surface area contributed by atoms with Gasteiger partial charge in [-0.25, -0.2) is 5.84 Å². The second-order valence-electron chi connectivity index (χ2n) is 13.9. The van der Waals surface area contributed by atoms with Gasteiger partial charge in [0.25, 0.3) is 0 Å². The fourth-order valence-corrected chi connectivity index (χ4v) is 6.41. The molecule has 13 nitrogen and oxygen atoms in total. The van der Waals surface area contributed by atoms with E-state index in [1.807, 2.05) is 51.1 Å². The second-order valence-corrected chi connectivity index (χ2v) is 13.9. The fourth-order valence-electron chi connectivity index (χ4n) is 6.41. The first kappa shape index (κ1) is 50.8. The van der Waals surface area contributed by atoms with E-state index in [2.05, 4.69) is 54.9 Å². The minimum atomic E-state index is -2.17. The van der Waals surface area contributed by atoms with Crippen molar-refractivity contribution in [1.29, 1.82) is 0 Å². The van der Waals surface area contributed by atoms with Crippen LogP contribution in [0, 0.1) is 13.8 Å². The molecule has 0 bridgehead atoms. The van der Waals surface area contributed by atoms with Crippen molar-refractivity contribution in [2.45, 2.75) is 48.4 Å². The van der Waals surface area contributed by atoms with Crippen molar-refractivity contribution in [1.82, 2.24) is 4.98 Å². The van der Waals surface area contributed by atoms with Crippen LogP contribution in [-0.2, 0) is 28.4 Å². The van der Waals surface area contributed by atoms with Crippen molar-refractivity contribution in [2.24, 2.45) is 16.6 Å². The van der Waals surface area contributed by atoms with E-state index in [1.165, 1.54) is 10.6 Å². The number of hydrazine groups is 1. The van der Waals surface area contributed by atoms with Crippen molar-refractivity contribution >= 4 is 35.6 Å². The first-order chi connectivity index (χ1) is 29.5. The van der Waals surface area contributed by atoms with E-state index in [9.17, 15) is 8.63 Å². The van der Waals surface area contributed by atoms with Gasteiger partial charge >= 0.3 is 7.27 Å². The Bertz CT molecular complexity index is 1850. The van der Waals surface area contributed by atoms with Crippen LogP contribution in [0.15, 0.2) is 77.1 Å². The number of aromatic nitrogens is 1. The molecular weight excluding hydrogens is 785 g/mol. The molecule has 0 atom stereocenters. The number of benzene rings is 2. The minimum Gasteiger partial charge on any atom is -0.489 e. The van der Waals surface area contributed by atoms with Gasteiger partial charge in [0.1, 0.15) is 12.4 Å². The van der Waals surface area contributed by atoms with Crippen molar-refractivity contribution < 1.29 is 41.8 Å². The molecule has 0 spiro atoms. The molecule has 2 aliphatic heterocycles. The highest BCUT2D eigenvalue weighted by molar-refractivity contribution is 6.40. The monoisotopic (exact) mass is 853 g/mol. The van der Waals surface area contributed by atoms with Crippen LogP contribution in [0.3, 0.4) is 0 Å². The van der Waals surface area contributed by atoms with Crippen molar-refractivity contribution in [3.05, 3.63) is 100 Å². The lowest BCUT2D eigenvalue weighted by Crippen LogP contribution is -2.32. The highest BCUT2D eigenvalue weighted by Crippen LogP contribution is 2.36. The lowest BCUT2D eigenvalue weighted by molar-refractivity contribution is -0.0116. The number of halogens is 2. The average Bonchev–Trinajstić information content (AvgIpc) is 3.75. The first-order valence-electron chi connectivity index (χ1n) is 20.9. The molecule has 1 fully saturated rings. The molecule has 0 aliphatic carbocycles. The summed E-state index contributed by atoms with van der Waals surface area (Å²) in [6.07, 6.45) is 3.83. The van der Waals surface area contributed by atoms with Gasteiger partial charge in [-0.15, -0.1) is 0 Å². The summed E-state index contributed by atoms with van der Waals surface area (Å²) >= 11 is 0. The van der Waals surface area contributed by atoms with Gasteiger partial charge < -0.3 is 48.8 Å². The summed E-state index contributed by atoms with van der Waals surface area (Å²) < 4.78 is 60.8. The van der Waals surface area contributed by atoms with E-state index in [0.717, 1.165) is 57.6 Å². The second kappa shape index (κ2) is 28.1. The van der Waals surface area contributed by atoms with Gasteiger partial charge in [-0.05, 0) is 81.1 Å². The molecule has 5 rings (SSSR count). The maximum absolute atomic E-state index is 10.3. The number of aliphatic imine (C=N–C) groups is 1. The number of aromatic amines is 1. The van der Waals surface area contributed by atoms with Crippen LogP contribution >= 0.6 is 0 Å². The number of hydrogen-bond acceptors (Lipinski definition) is 12. The van der Waals surface area contributed by atoms with Crippen molar-refractivity contribution in [2.75, 3.05) is 109 Å². The third kappa shape index (κ3) is 17.4. The van der Waals surface area contributed by atoms with Crippen LogP contribution < -0.4 is 26.2 Å². The number of methoxy groups -OCH3 is 1. The molecule has 336 valence electrons. The van der Waals surface area contributed by atoms with Crippen molar-refractivity contribution in [3.63, 3.8) is 0 Å². The van der Waals surface area contributed by atoms with Crippen LogP contribution in [0.1, 0.15) is 55.8 Å². The number of anilines is 2. The number of ether oxygens (including phenoxy) is 7. The summed E-state index contributed by atoms with van der Waals surface area (Å²) in [6, 6.07) is 16.2. The Morgan fingerprint density at radius 2 is 1.34 bits per heavy atom. The van der Waals surface area contributed by atoms with Crippen LogP contribution in [0.5, 0.6) is 5.75 Å². The van der Waals surface area contributed by atoms with E-state index in [0.29, 0.717) is 110 Å². The summed E-state index contributed by atoms with van der Waals surface area (Å²) in [5.41, 5.74) is 18.1. The molecule has 1 aromatic heterocycles. The number of hydrogen-bond donors (Lipinski definition) is 3. The smallest absolute Gasteiger partial charge is 0.489 e. The van der Waals surface area contributed by atoms with Crippen LogP contribution in [-0.4, -0.2) is 117 Å². The molecule has 1 saturated heterocycles. The Hall–Kier alpha value is -4.55. The molecular formula is C45H67BF2N6O7. The molecule has 61 heavy (non-hydrogen) atoms. The van der Waals surface area contributed by atoms with Gasteiger partial charge in [-0.2, -0.15) is 0 Å². The predicted molar refractivity (Wildman–Crippen MR) is 244 cm³/mol. The quantitative estimate of drug-likeness (QED) is 0.0808. The zero-order valence-electron chi connectivity index (χ0n) is 37.4. The molecule has 2 aliphatic rings. The molecule has 3 heterocycles. The molecule has 16 heteroatoms. The summed E-state index contributed by atoms with van der Waals surface area (Å²) in [6.45, 7) is 20.2. The van der Waals surface area contributed by atoms with Gasteiger partial charge in [-0.1, -0.05) is 38.1 Å². The maximum Gasteiger partial charge on any atom is 0.535 e. The SMILES string of the molecule is CB(F)F.CC.COCCOc1cc(N(N)/C=C(\N)c2ccc(/C(=C3/N=C(C)C=C3C)c3[nH]c(C)cc3C)cc2)ccc1N1CCOCCOCCOCCOCCOCC1. The highest BCUT2D eigenvalue weighted by Gasteiger charge is 2.21. The van der Waals surface area contributed by atoms with Crippen LogP contribution in [0.4, 0.5) is 20.0 Å². The van der Waals surface area contributed by atoms with Gasteiger partial charge in [-0.3, -0.25) is 18.6 Å². The summed E-state index contributed by atoms with van der Waals surface area (Å²) in [4.78, 5) is 10.6. The van der Waals surface area contributed by atoms with E-state index in [1.54, 1.807) is 13.3 Å². The third-order valence-electron chi connectivity index (χ3n) is 9.13. The Morgan fingerprint density at radius 1 is 0.820 bits per heavy atom. The van der Waals surface area contributed by atoms with Gasteiger partial charge in [0.15, 0.2) is 0 Å². The lowest BCUT2D eigenvalue weighted by Gasteiger charge is -2.28. The van der Waals surface area contributed by atoms with Crippen LogP contribution in [0.2, 0.25) is 6.82 Å². The third-order valence-corrected chi connectivity index (χ3v) is 9.13. The summed E-state index contributed by atoms with van der Waals surface area (Å²) in [5.74, 6) is 7.29. The number of rotatable bonds is 10. The number of nitrogens with two attached hydrogens (primary N) is 2. The van der Waals surface area contributed by atoms with Crippen molar-refractivity contribution in [3.8, 4) is 5.75 Å². The number of allylic oxidation sites excluding steroid dienone is 2. The van der Waals surface area contributed by atoms with E-state index in [-0.39, 0.29) is 0 Å². The highest BCUT2D eigenvalue weighted by atomic mass is 19.2. The number of H-pyrrole nitrogens is 1. The number of nitrogens with zero attached hydrogens (tertiary/aromatic N) is 3. The molecule has 5 N–H and O–H groups in total. The van der Waals surface area contributed by atoms with Gasteiger partial charge in [0.05, 0.1) is 101 Å². The first-order valence-corrected chi connectivity index (χ1v) is 20.9. The zero-order valence-corrected chi connectivity index (χ0v) is 37.4. The number of nitrogens with one attached hydrogen (secondary N) is 1. The molecule has 2 aromatic carbocycles. The summed E-state index contributed by atoms with van der Waals surface area (Å²) in [5, 5.41) is 1.51. The minimum absolute atomic E-state index is 0.362. The molecule has 0 radical (unpaired) electrons. The van der Waals surface area contributed by atoms with Gasteiger partial charge in [0, 0.05) is 49.4 Å².